The molecule has 0 aliphatic carbocycles. The van der Waals surface area contributed by atoms with Crippen molar-refractivity contribution in [3.8, 4) is 0 Å². The van der Waals surface area contributed by atoms with E-state index in [0.29, 0.717) is 5.56 Å². The first kappa shape index (κ1) is 15.3. The summed E-state index contributed by atoms with van der Waals surface area (Å²) in [5.74, 6) is -0.352. The highest BCUT2D eigenvalue weighted by Gasteiger charge is 2.18. The summed E-state index contributed by atoms with van der Waals surface area (Å²) in [5.41, 5.74) is 6.00. The topological polar surface area (TPSA) is 103 Å². The molecule has 0 saturated heterocycles. The number of benzene rings is 2. The first-order valence-electron chi connectivity index (χ1n) is 5.81. The van der Waals surface area contributed by atoms with Gasteiger partial charge in [0.25, 0.3) is 5.69 Å². The molecule has 2 N–H and O–H groups in total. The molecule has 0 radical (unpaired) electrons. The largest absolute Gasteiger partial charge is 0.398 e. The molecule has 0 aliphatic heterocycles. The molecule has 6 nitrogen and oxygen atoms in total. The second-order valence-corrected chi connectivity index (χ2v) is 6.77. The number of nitrogens with two attached hydrogens (primary N) is 1. The maximum absolute atomic E-state index is 12.3. The average molecular weight is 327 g/mol. The van der Waals surface area contributed by atoms with Gasteiger partial charge >= 0.3 is 0 Å². The number of rotatable bonds is 4. The zero-order chi connectivity index (χ0) is 15.6. The third kappa shape index (κ3) is 3.50. The molecule has 0 saturated carbocycles. The lowest BCUT2D eigenvalue weighted by Crippen LogP contribution is -2.05. The van der Waals surface area contributed by atoms with Gasteiger partial charge in [0, 0.05) is 12.1 Å². The number of non-ortho nitro benzene ring substituents is 1. The zero-order valence-corrected chi connectivity index (χ0v) is 12.3. The third-order valence-electron chi connectivity index (χ3n) is 2.81. The van der Waals surface area contributed by atoms with Crippen LogP contribution in [0.5, 0.6) is 0 Å². The normalized spacial score (nSPS) is 11.3. The van der Waals surface area contributed by atoms with E-state index >= 15 is 0 Å². The van der Waals surface area contributed by atoms with E-state index in [1.165, 1.54) is 42.5 Å². The maximum atomic E-state index is 12.3. The molecule has 0 unspecified atom stereocenters. The molecule has 0 aromatic heterocycles. The van der Waals surface area contributed by atoms with Crippen LogP contribution in [0.1, 0.15) is 5.56 Å². The highest BCUT2D eigenvalue weighted by Crippen LogP contribution is 2.25. The fourth-order valence-corrected chi connectivity index (χ4v) is 3.37. The highest BCUT2D eigenvalue weighted by molar-refractivity contribution is 7.90. The van der Waals surface area contributed by atoms with Gasteiger partial charge < -0.3 is 5.73 Å². The van der Waals surface area contributed by atoms with Crippen molar-refractivity contribution in [3.63, 3.8) is 0 Å². The third-order valence-corrected chi connectivity index (χ3v) is 4.82. The van der Waals surface area contributed by atoms with Gasteiger partial charge in [0.2, 0.25) is 0 Å². The Bertz CT molecular complexity index is 806. The Labute approximate surface area is 126 Å². The first-order valence-corrected chi connectivity index (χ1v) is 7.84. The highest BCUT2D eigenvalue weighted by atomic mass is 35.5. The number of hydrogen-bond donors (Lipinski definition) is 1. The maximum Gasteiger partial charge on any atom is 0.269 e. The van der Waals surface area contributed by atoms with Crippen LogP contribution in [-0.2, 0) is 15.6 Å². The molecule has 0 amide bonds. The summed E-state index contributed by atoms with van der Waals surface area (Å²) >= 11 is 5.81. The van der Waals surface area contributed by atoms with Crippen LogP contribution in [0, 0.1) is 10.1 Å². The van der Waals surface area contributed by atoms with Crippen LogP contribution >= 0.6 is 11.6 Å². The van der Waals surface area contributed by atoms with Gasteiger partial charge in [-0.2, -0.15) is 0 Å². The van der Waals surface area contributed by atoms with Crippen LogP contribution in [0.3, 0.4) is 0 Å². The molecular formula is C13H11ClN2O4S. The predicted octanol–water partition coefficient (Wildman–Crippen LogP) is 2.80. The molecule has 0 spiro atoms. The fraction of sp³-hybridized carbons (Fsp3) is 0.0769. The molecule has 0 bridgehead atoms. The standard InChI is InChI=1S/C13H11ClN2O4S/c14-12-7-11(4-5-13(12)15)21(19,20)8-9-2-1-3-10(6-9)16(17)18/h1-7H,8,15H2. The number of anilines is 1. The van der Waals surface area contributed by atoms with Crippen LogP contribution < -0.4 is 5.73 Å². The SMILES string of the molecule is Nc1ccc(S(=O)(=O)Cc2cccc([N+](=O)[O-])c2)cc1Cl. The molecule has 110 valence electrons. The monoisotopic (exact) mass is 326 g/mol. The van der Waals surface area contributed by atoms with E-state index in [2.05, 4.69) is 0 Å². The fourth-order valence-electron chi connectivity index (χ4n) is 1.76. The number of nitro groups is 1. The van der Waals surface area contributed by atoms with E-state index in [-0.39, 0.29) is 27.0 Å². The van der Waals surface area contributed by atoms with Gasteiger partial charge in [-0.05, 0) is 23.8 Å². The molecule has 0 fully saturated rings. The molecule has 2 aromatic carbocycles. The zero-order valence-electron chi connectivity index (χ0n) is 10.7. The van der Waals surface area contributed by atoms with Crippen LogP contribution in [0.4, 0.5) is 11.4 Å². The summed E-state index contributed by atoms with van der Waals surface area (Å²) in [6.45, 7) is 0. The van der Waals surface area contributed by atoms with Crippen molar-refractivity contribution in [3.05, 3.63) is 63.2 Å². The second-order valence-electron chi connectivity index (χ2n) is 4.37. The molecule has 2 rings (SSSR count). The van der Waals surface area contributed by atoms with E-state index in [9.17, 15) is 18.5 Å². The Hall–Kier alpha value is -2.12. The van der Waals surface area contributed by atoms with Crippen LogP contribution in [0.15, 0.2) is 47.4 Å². The summed E-state index contributed by atoms with van der Waals surface area (Å²) in [7, 11) is -3.66. The molecule has 0 heterocycles. The van der Waals surface area contributed by atoms with Crippen molar-refractivity contribution in [1.82, 2.24) is 0 Å². The van der Waals surface area contributed by atoms with E-state index in [0.717, 1.165) is 0 Å². The number of hydrogen-bond acceptors (Lipinski definition) is 5. The van der Waals surface area contributed by atoms with Crippen molar-refractivity contribution in [2.24, 2.45) is 0 Å². The molecule has 21 heavy (non-hydrogen) atoms. The van der Waals surface area contributed by atoms with Crippen LogP contribution in [0.2, 0.25) is 5.02 Å². The first-order chi connectivity index (χ1) is 9.79. The smallest absolute Gasteiger partial charge is 0.269 e. The predicted molar refractivity (Wildman–Crippen MR) is 79.9 cm³/mol. The summed E-state index contributed by atoms with van der Waals surface area (Å²) in [5, 5.41) is 10.8. The minimum absolute atomic E-state index is 0.0215. The lowest BCUT2D eigenvalue weighted by molar-refractivity contribution is -0.384. The minimum Gasteiger partial charge on any atom is -0.398 e. The Morgan fingerprint density at radius 2 is 1.90 bits per heavy atom. The lowest BCUT2D eigenvalue weighted by atomic mass is 10.2. The number of sulfone groups is 1. The van der Waals surface area contributed by atoms with Gasteiger partial charge in [0.05, 0.1) is 26.3 Å². The van der Waals surface area contributed by atoms with Gasteiger partial charge in [0.1, 0.15) is 0 Å². The quantitative estimate of drug-likeness (QED) is 0.528. The van der Waals surface area contributed by atoms with Gasteiger partial charge in [-0.25, -0.2) is 8.42 Å². The van der Waals surface area contributed by atoms with Gasteiger partial charge in [-0.15, -0.1) is 0 Å². The molecule has 0 aliphatic rings. The number of nitrogen functional groups attached to an aromatic ring is 1. The van der Waals surface area contributed by atoms with Crippen LogP contribution in [0.25, 0.3) is 0 Å². The summed E-state index contributed by atoms with van der Waals surface area (Å²) in [4.78, 5) is 10.1. The van der Waals surface area contributed by atoms with Gasteiger partial charge in [-0.3, -0.25) is 10.1 Å². The van der Waals surface area contributed by atoms with E-state index < -0.39 is 14.8 Å². The van der Waals surface area contributed by atoms with Crippen molar-refractivity contribution < 1.29 is 13.3 Å². The Balaban J connectivity index is 2.35. The van der Waals surface area contributed by atoms with E-state index in [1.54, 1.807) is 0 Å². The van der Waals surface area contributed by atoms with Crippen molar-refractivity contribution >= 4 is 32.8 Å². The molecule has 0 atom stereocenters. The van der Waals surface area contributed by atoms with Crippen LogP contribution in [-0.4, -0.2) is 13.3 Å². The Kier molecular flexibility index (Phi) is 4.15. The minimum atomic E-state index is -3.66. The number of halogens is 1. The average Bonchev–Trinajstić information content (AvgIpc) is 2.41. The van der Waals surface area contributed by atoms with Crippen molar-refractivity contribution in [1.29, 1.82) is 0 Å². The molecule has 8 heteroatoms. The molecule has 2 aromatic rings. The van der Waals surface area contributed by atoms with E-state index in [1.807, 2.05) is 0 Å². The second kappa shape index (κ2) is 5.71. The summed E-state index contributed by atoms with van der Waals surface area (Å²) in [6.07, 6.45) is 0. The molecular weight excluding hydrogens is 316 g/mol. The number of nitro benzene ring substituents is 1. The van der Waals surface area contributed by atoms with Crippen molar-refractivity contribution in [2.45, 2.75) is 10.6 Å². The van der Waals surface area contributed by atoms with Gasteiger partial charge in [-0.1, -0.05) is 23.7 Å². The Morgan fingerprint density at radius 1 is 1.19 bits per heavy atom. The summed E-state index contributed by atoms with van der Waals surface area (Å²) < 4.78 is 24.6. The van der Waals surface area contributed by atoms with E-state index in [4.69, 9.17) is 17.3 Å². The lowest BCUT2D eigenvalue weighted by Gasteiger charge is -2.06. The van der Waals surface area contributed by atoms with Gasteiger partial charge in [0.15, 0.2) is 9.84 Å². The Morgan fingerprint density at radius 3 is 2.52 bits per heavy atom. The summed E-state index contributed by atoms with van der Waals surface area (Å²) in [6, 6.07) is 9.52. The number of nitrogens with zero attached hydrogens (tertiary/aromatic N) is 1. The van der Waals surface area contributed by atoms with Crippen molar-refractivity contribution in [2.75, 3.05) is 5.73 Å².